The van der Waals surface area contributed by atoms with E-state index in [1.807, 2.05) is 13.8 Å². The van der Waals surface area contributed by atoms with Crippen molar-refractivity contribution in [3.63, 3.8) is 0 Å². The fraction of sp³-hybridized carbons (Fsp3) is 0.524. The van der Waals surface area contributed by atoms with Crippen LogP contribution in [-0.4, -0.2) is 61.2 Å². The van der Waals surface area contributed by atoms with Gasteiger partial charge >= 0.3 is 0 Å². The molecule has 0 unspecified atom stereocenters. The monoisotopic (exact) mass is 428 g/mol. The summed E-state index contributed by atoms with van der Waals surface area (Å²) in [7, 11) is 0. The van der Waals surface area contributed by atoms with Crippen LogP contribution in [0.1, 0.15) is 49.0 Å². The number of carbonyl (C=O) groups excluding carboxylic acids is 2. The van der Waals surface area contributed by atoms with Crippen molar-refractivity contribution in [1.82, 2.24) is 24.4 Å². The highest BCUT2D eigenvalue weighted by atomic mass is 16.3. The maximum atomic E-state index is 13.2. The quantitative estimate of drug-likeness (QED) is 0.567. The lowest BCUT2D eigenvalue weighted by atomic mass is 10.2. The molecule has 0 radical (unpaired) electrons. The number of amides is 2. The molecule has 4 N–H and O–H groups in total. The topological polar surface area (TPSA) is 135 Å². The first-order valence-corrected chi connectivity index (χ1v) is 10.6. The Labute approximate surface area is 179 Å². The van der Waals surface area contributed by atoms with Crippen LogP contribution in [0.2, 0.25) is 0 Å². The number of hydrogen-bond donors (Lipinski definition) is 3. The zero-order valence-corrected chi connectivity index (χ0v) is 17.7. The van der Waals surface area contributed by atoms with Gasteiger partial charge in [0.2, 0.25) is 11.8 Å². The number of carbonyl (C=O) groups is 2. The van der Waals surface area contributed by atoms with Gasteiger partial charge in [0.1, 0.15) is 5.65 Å². The standard InChI is InChI=1S/C21H28N6O4/c1-12(2)10-26-19-13(3-6-16(28)25-8-7-14(22)11-25)9-23-27(19)21(31)17(20(26)30)18(29)24-15-4-5-15/h3,6,9,12,14-15,31H,4-5,7-8,10-11,22H2,1-2H3,(H,24,29)/b6-3+/t14-/m0/s1. The van der Waals surface area contributed by atoms with Crippen LogP contribution in [0.4, 0.5) is 0 Å². The molecule has 31 heavy (non-hydrogen) atoms. The molecule has 0 aromatic carbocycles. The lowest BCUT2D eigenvalue weighted by Gasteiger charge is -2.15. The van der Waals surface area contributed by atoms with Crippen LogP contribution in [0.15, 0.2) is 17.1 Å². The first-order valence-electron chi connectivity index (χ1n) is 10.6. The third-order valence-electron chi connectivity index (χ3n) is 5.54. The number of hydrogen-bond acceptors (Lipinski definition) is 6. The average molecular weight is 428 g/mol. The number of nitrogens with two attached hydrogens (primary N) is 1. The summed E-state index contributed by atoms with van der Waals surface area (Å²) in [5.41, 5.74) is 5.81. The van der Waals surface area contributed by atoms with Gasteiger partial charge in [0.15, 0.2) is 5.56 Å². The largest absolute Gasteiger partial charge is 0.492 e. The minimum atomic E-state index is -0.599. The fourth-order valence-electron chi connectivity index (χ4n) is 3.80. The smallest absolute Gasteiger partial charge is 0.270 e. The molecule has 1 saturated heterocycles. The van der Waals surface area contributed by atoms with E-state index in [2.05, 4.69) is 10.4 Å². The van der Waals surface area contributed by atoms with E-state index in [0.717, 1.165) is 19.3 Å². The molecule has 1 atom stereocenters. The lowest BCUT2D eigenvalue weighted by Crippen LogP contribution is -2.36. The number of nitrogens with one attached hydrogen (secondary N) is 1. The summed E-state index contributed by atoms with van der Waals surface area (Å²) in [4.78, 5) is 39.9. The second-order valence-electron chi connectivity index (χ2n) is 8.76. The van der Waals surface area contributed by atoms with Crippen LogP contribution < -0.4 is 16.6 Å². The van der Waals surface area contributed by atoms with E-state index in [4.69, 9.17) is 5.73 Å². The van der Waals surface area contributed by atoms with Gasteiger partial charge in [-0.1, -0.05) is 13.8 Å². The van der Waals surface area contributed by atoms with Gasteiger partial charge < -0.3 is 21.1 Å². The number of aromatic hydroxyl groups is 1. The van der Waals surface area contributed by atoms with E-state index in [1.165, 1.54) is 21.4 Å². The maximum Gasteiger partial charge on any atom is 0.270 e. The Morgan fingerprint density at radius 2 is 2.10 bits per heavy atom. The highest BCUT2D eigenvalue weighted by Crippen LogP contribution is 2.23. The molecule has 2 fully saturated rings. The second kappa shape index (κ2) is 8.18. The SMILES string of the molecule is CC(C)Cn1c(=O)c(C(=O)NC2CC2)c(O)n2ncc(/C=C/C(=O)N3CC[C@H](N)C3)c12. The molecule has 10 nitrogen and oxygen atoms in total. The molecular formula is C21H28N6O4. The molecule has 2 amide bonds. The Morgan fingerprint density at radius 1 is 1.35 bits per heavy atom. The summed E-state index contributed by atoms with van der Waals surface area (Å²) in [5, 5.41) is 17.6. The molecule has 0 bridgehead atoms. The van der Waals surface area contributed by atoms with Crippen molar-refractivity contribution in [3.05, 3.63) is 33.8 Å². The van der Waals surface area contributed by atoms with Crippen molar-refractivity contribution in [1.29, 1.82) is 0 Å². The Kier molecular flexibility index (Phi) is 5.57. The van der Waals surface area contributed by atoms with E-state index in [9.17, 15) is 19.5 Å². The van der Waals surface area contributed by atoms with Gasteiger partial charge in [-0.25, -0.2) is 0 Å². The number of nitrogens with zero attached hydrogens (tertiary/aromatic N) is 4. The molecule has 2 aromatic heterocycles. The second-order valence-corrected chi connectivity index (χ2v) is 8.76. The van der Waals surface area contributed by atoms with Gasteiger partial charge in [-0.15, -0.1) is 0 Å². The Bertz CT molecular complexity index is 1110. The summed E-state index contributed by atoms with van der Waals surface area (Å²) in [5.74, 6) is -1.17. The van der Waals surface area contributed by atoms with Crippen molar-refractivity contribution >= 4 is 23.5 Å². The molecule has 2 aromatic rings. The van der Waals surface area contributed by atoms with Crippen LogP contribution in [0.25, 0.3) is 11.7 Å². The first kappa shape index (κ1) is 21.1. The predicted molar refractivity (Wildman–Crippen MR) is 115 cm³/mol. The molecule has 0 spiro atoms. The maximum absolute atomic E-state index is 13.2. The van der Waals surface area contributed by atoms with Crippen molar-refractivity contribution in [3.8, 4) is 5.88 Å². The van der Waals surface area contributed by atoms with Gasteiger partial charge in [0.25, 0.3) is 11.5 Å². The zero-order valence-electron chi connectivity index (χ0n) is 17.7. The highest BCUT2D eigenvalue weighted by molar-refractivity contribution is 5.97. The van der Waals surface area contributed by atoms with Crippen LogP contribution in [-0.2, 0) is 11.3 Å². The minimum absolute atomic E-state index is 0.0114. The van der Waals surface area contributed by atoms with Gasteiger partial charge in [-0.05, 0) is 31.3 Å². The Hall–Kier alpha value is -3.14. The average Bonchev–Trinajstić information content (AvgIpc) is 3.24. The summed E-state index contributed by atoms with van der Waals surface area (Å²) in [6.07, 6.45) is 6.96. The van der Waals surface area contributed by atoms with E-state index in [0.29, 0.717) is 30.8 Å². The third kappa shape index (κ3) is 4.20. The molecule has 2 aliphatic rings. The van der Waals surface area contributed by atoms with Crippen LogP contribution >= 0.6 is 0 Å². The molecule has 1 aliphatic heterocycles. The van der Waals surface area contributed by atoms with E-state index in [1.54, 1.807) is 11.0 Å². The summed E-state index contributed by atoms with van der Waals surface area (Å²) in [6.45, 7) is 5.35. The Morgan fingerprint density at radius 3 is 2.71 bits per heavy atom. The van der Waals surface area contributed by atoms with Gasteiger partial charge in [-0.2, -0.15) is 9.61 Å². The van der Waals surface area contributed by atoms with Crippen molar-refractivity contribution in [2.24, 2.45) is 11.7 Å². The fourth-order valence-corrected chi connectivity index (χ4v) is 3.80. The molecular weight excluding hydrogens is 400 g/mol. The van der Waals surface area contributed by atoms with Gasteiger partial charge in [0.05, 0.1) is 6.20 Å². The van der Waals surface area contributed by atoms with E-state index < -0.39 is 17.3 Å². The summed E-state index contributed by atoms with van der Waals surface area (Å²) >= 11 is 0. The van der Waals surface area contributed by atoms with Crippen LogP contribution in [0, 0.1) is 5.92 Å². The van der Waals surface area contributed by atoms with Crippen LogP contribution in [0.3, 0.4) is 0 Å². The molecule has 3 heterocycles. The molecule has 1 aliphatic carbocycles. The predicted octanol–water partition coefficient (Wildman–Crippen LogP) is 0.323. The molecule has 166 valence electrons. The lowest BCUT2D eigenvalue weighted by molar-refractivity contribution is -0.124. The number of aromatic nitrogens is 3. The first-order chi connectivity index (χ1) is 14.8. The Balaban J connectivity index is 1.75. The molecule has 4 rings (SSSR count). The minimum Gasteiger partial charge on any atom is -0.492 e. The number of likely N-dealkylation sites (tertiary alicyclic amines) is 1. The van der Waals surface area contributed by atoms with Crippen molar-refractivity contribution in [2.45, 2.75) is 51.7 Å². The summed E-state index contributed by atoms with van der Waals surface area (Å²) < 4.78 is 2.62. The zero-order chi connectivity index (χ0) is 22.3. The summed E-state index contributed by atoms with van der Waals surface area (Å²) in [6, 6.07) is 0.0316. The van der Waals surface area contributed by atoms with E-state index in [-0.39, 0.29) is 29.5 Å². The van der Waals surface area contributed by atoms with Crippen LogP contribution in [0.5, 0.6) is 5.88 Å². The number of rotatable bonds is 6. The van der Waals surface area contributed by atoms with Gasteiger partial charge in [-0.3, -0.25) is 19.0 Å². The number of fused-ring (bicyclic) bond motifs is 1. The van der Waals surface area contributed by atoms with Crippen molar-refractivity contribution in [2.75, 3.05) is 13.1 Å². The highest BCUT2D eigenvalue weighted by Gasteiger charge is 2.30. The third-order valence-corrected chi connectivity index (χ3v) is 5.54. The molecule has 10 heteroatoms. The molecule has 1 saturated carbocycles. The van der Waals surface area contributed by atoms with Crippen molar-refractivity contribution < 1.29 is 14.7 Å². The van der Waals surface area contributed by atoms with Gasteiger partial charge in [0, 0.05) is 43.4 Å². The van der Waals surface area contributed by atoms with E-state index >= 15 is 0 Å². The normalized spacial score (nSPS) is 19.1.